The van der Waals surface area contributed by atoms with Crippen molar-refractivity contribution in [3.8, 4) is 0 Å². The van der Waals surface area contributed by atoms with Crippen LogP contribution in [0, 0.1) is 6.92 Å². The van der Waals surface area contributed by atoms with Gasteiger partial charge in [0.25, 0.3) is 0 Å². The number of aromatic nitrogens is 5. The first-order valence-electron chi connectivity index (χ1n) is 13.0. The molecule has 2 bridgehead atoms. The Morgan fingerprint density at radius 1 is 0.946 bits per heavy atom. The van der Waals surface area contributed by atoms with E-state index in [1.165, 1.54) is 29.5 Å². The first-order valence-corrected chi connectivity index (χ1v) is 13.0. The van der Waals surface area contributed by atoms with E-state index in [1.54, 1.807) is 6.33 Å². The van der Waals surface area contributed by atoms with E-state index in [2.05, 4.69) is 85.9 Å². The van der Waals surface area contributed by atoms with Crippen LogP contribution in [0.2, 0.25) is 0 Å². The van der Waals surface area contributed by atoms with E-state index in [0.717, 1.165) is 58.9 Å². The second-order valence-corrected chi connectivity index (χ2v) is 10.4. The number of nitrogens with one attached hydrogen (secondary N) is 2. The molecule has 2 aromatic carbocycles. The molecule has 5 aromatic rings. The number of hydrogen-bond donors (Lipinski definition) is 2. The minimum atomic E-state index is 0.563. The van der Waals surface area contributed by atoms with Gasteiger partial charge in [0.05, 0.1) is 22.9 Å². The summed E-state index contributed by atoms with van der Waals surface area (Å²) in [5.74, 6) is 1.73. The van der Waals surface area contributed by atoms with E-state index in [0.29, 0.717) is 12.1 Å². The summed E-state index contributed by atoms with van der Waals surface area (Å²) in [7, 11) is 2.02. The van der Waals surface area contributed by atoms with E-state index in [9.17, 15) is 0 Å². The first kappa shape index (κ1) is 22.2. The van der Waals surface area contributed by atoms with Crippen LogP contribution in [-0.4, -0.2) is 49.7 Å². The maximum absolute atomic E-state index is 5.02. The lowest BCUT2D eigenvalue weighted by Crippen LogP contribution is -2.51. The normalized spacial score (nSPS) is 19.1. The fourth-order valence-corrected chi connectivity index (χ4v) is 5.80. The van der Waals surface area contributed by atoms with E-state index in [4.69, 9.17) is 4.98 Å². The highest BCUT2D eigenvalue weighted by molar-refractivity contribution is 5.88. The third-order valence-electron chi connectivity index (χ3n) is 7.80. The average Bonchev–Trinajstić information content (AvgIpc) is 3.45. The van der Waals surface area contributed by atoms with Gasteiger partial charge in [-0.2, -0.15) is 0 Å². The van der Waals surface area contributed by atoms with E-state index >= 15 is 0 Å². The molecule has 0 aliphatic carbocycles. The van der Waals surface area contributed by atoms with Gasteiger partial charge in [0.1, 0.15) is 17.7 Å². The van der Waals surface area contributed by atoms with Gasteiger partial charge in [0.15, 0.2) is 5.82 Å². The second kappa shape index (κ2) is 8.81. The summed E-state index contributed by atoms with van der Waals surface area (Å²) in [6, 6.07) is 18.3. The summed E-state index contributed by atoms with van der Waals surface area (Å²) in [6.45, 7) is 4.16. The van der Waals surface area contributed by atoms with Gasteiger partial charge in [-0.3, -0.25) is 0 Å². The van der Waals surface area contributed by atoms with Crippen LogP contribution < -0.4 is 15.5 Å². The van der Waals surface area contributed by atoms with Gasteiger partial charge in [-0.1, -0.05) is 12.1 Å². The van der Waals surface area contributed by atoms with Crippen LogP contribution in [-0.2, 0) is 13.5 Å². The van der Waals surface area contributed by atoms with Gasteiger partial charge in [-0.25, -0.2) is 19.9 Å². The predicted octanol–water partition coefficient (Wildman–Crippen LogP) is 4.49. The molecule has 2 N–H and O–H groups in total. The van der Waals surface area contributed by atoms with Crippen molar-refractivity contribution in [3.63, 3.8) is 0 Å². The first-order chi connectivity index (χ1) is 18.1. The Morgan fingerprint density at radius 3 is 2.65 bits per heavy atom. The van der Waals surface area contributed by atoms with Crippen LogP contribution in [0.5, 0.6) is 0 Å². The van der Waals surface area contributed by atoms with Gasteiger partial charge in [0.2, 0.25) is 0 Å². The quantitative estimate of drug-likeness (QED) is 0.375. The molecule has 37 heavy (non-hydrogen) atoms. The largest absolute Gasteiger partial charge is 0.353 e. The summed E-state index contributed by atoms with van der Waals surface area (Å²) < 4.78 is 2.05. The molecule has 2 unspecified atom stereocenters. The maximum atomic E-state index is 5.02. The zero-order valence-corrected chi connectivity index (χ0v) is 21.1. The number of hydrogen-bond acceptors (Lipinski definition) is 7. The van der Waals surface area contributed by atoms with Crippen LogP contribution in [0.15, 0.2) is 61.2 Å². The van der Waals surface area contributed by atoms with Crippen molar-refractivity contribution in [1.29, 1.82) is 0 Å². The highest BCUT2D eigenvalue weighted by atomic mass is 15.3. The minimum absolute atomic E-state index is 0.563. The Bertz CT molecular complexity index is 1610. The number of nitrogens with zero attached hydrogens (tertiary/aromatic N) is 6. The smallest absolute Gasteiger partial charge is 0.160 e. The standard InChI is InChI=1S/C29H30N8/c1-18-11-21(5-4-20(18)12-19-3-9-26-25(13-19)32-17-36(26)2)34-29-28-24(30-16-31-29)8-10-27(35-28)37-14-22-6-7-23(15-37)33-22/h3-5,8-11,13,16-17,22-23,33H,6-7,12,14-15H2,1-2H3,(H,30,31,34). The van der Waals surface area contributed by atoms with Crippen LogP contribution in [0.3, 0.4) is 0 Å². The molecule has 7 rings (SSSR count). The molecule has 2 saturated heterocycles. The molecule has 0 saturated carbocycles. The van der Waals surface area contributed by atoms with Crippen molar-refractivity contribution in [2.24, 2.45) is 7.05 Å². The molecule has 5 heterocycles. The third-order valence-corrected chi connectivity index (χ3v) is 7.80. The van der Waals surface area contributed by atoms with Gasteiger partial charge in [-0.15, -0.1) is 0 Å². The topological polar surface area (TPSA) is 83.8 Å². The molecule has 2 atom stereocenters. The van der Waals surface area contributed by atoms with E-state index in [1.807, 2.05) is 17.9 Å². The molecular weight excluding hydrogens is 460 g/mol. The fraction of sp³-hybridized carbons (Fsp3) is 0.310. The number of rotatable bonds is 5. The number of imidazole rings is 1. The Kier molecular flexibility index (Phi) is 5.28. The lowest BCUT2D eigenvalue weighted by Gasteiger charge is -2.33. The second-order valence-electron chi connectivity index (χ2n) is 10.4. The summed E-state index contributed by atoms with van der Waals surface area (Å²) in [6.07, 6.45) is 6.83. The SMILES string of the molecule is Cc1cc(Nc2ncnc3ccc(N4CC5CCC(C4)N5)nc23)ccc1Cc1ccc2c(c1)ncn2C. The number of fused-ring (bicyclic) bond motifs is 4. The molecular formula is C29H30N8. The lowest BCUT2D eigenvalue weighted by molar-refractivity contribution is 0.464. The van der Waals surface area contributed by atoms with Crippen molar-refractivity contribution < 1.29 is 0 Å². The predicted molar refractivity (Wildman–Crippen MR) is 147 cm³/mol. The Balaban J connectivity index is 1.14. The van der Waals surface area contributed by atoms with Crippen molar-refractivity contribution in [2.75, 3.05) is 23.3 Å². The van der Waals surface area contributed by atoms with Crippen molar-refractivity contribution in [3.05, 3.63) is 77.9 Å². The summed E-state index contributed by atoms with van der Waals surface area (Å²) in [4.78, 5) is 20.9. The van der Waals surface area contributed by atoms with Crippen molar-refractivity contribution in [1.82, 2.24) is 29.8 Å². The van der Waals surface area contributed by atoms with Crippen LogP contribution >= 0.6 is 0 Å². The van der Waals surface area contributed by atoms with Crippen LogP contribution in [0.4, 0.5) is 17.3 Å². The van der Waals surface area contributed by atoms with E-state index in [-0.39, 0.29) is 0 Å². The zero-order chi connectivity index (χ0) is 24.9. The molecule has 186 valence electrons. The molecule has 0 amide bonds. The van der Waals surface area contributed by atoms with Crippen LogP contribution in [0.25, 0.3) is 22.1 Å². The zero-order valence-electron chi connectivity index (χ0n) is 21.1. The third kappa shape index (κ3) is 4.17. The molecule has 2 aliphatic heterocycles. The molecule has 2 aliphatic rings. The van der Waals surface area contributed by atoms with E-state index < -0.39 is 0 Å². The van der Waals surface area contributed by atoms with Gasteiger partial charge >= 0.3 is 0 Å². The van der Waals surface area contributed by atoms with Crippen molar-refractivity contribution in [2.45, 2.75) is 38.3 Å². The highest BCUT2D eigenvalue weighted by Crippen LogP contribution is 2.29. The Labute approximate surface area is 215 Å². The highest BCUT2D eigenvalue weighted by Gasteiger charge is 2.32. The summed E-state index contributed by atoms with van der Waals surface area (Å²) in [5.41, 5.74) is 8.61. The number of benzene rings is 2. The summed E-state index contributed by atoms with van der Waals surface area (Å²) >= 11 is 0. The Hall–Kier alpha value is -4.04. The van der Waals surface area contributed by atoms with Gasteiger partial charge in [-0.05, 0) is 79.3 Å². The fourth-order valence-electron chi connectivity index (χ4n) is 5.80. The van der Waals surface area contributed by atoms with Gasteiger partial charge in [0, 0.05) is 37.9 Å². The minimum Gasteiger partial charge on any atom is -0.353 e. The number of pyridine rings is 1. The molecule has 2 fully saturated rings. The number of anilines is 3. The molecule has 8 heteroatoms. The summed E-state index contributed by atoms with van der Waals surface area (Å²) in [5, 5.41) is 7.20. The van der Waals surface area contributed by atoms with Gasteiger partial charge < -0.3 is 20.1 Å². The molecule has 8 nitrogen and oxygen atoms in total. The molecule has 0 radical (unpaired) electrons. The van der Waals surface area contributed by atoms with Crippen LogP contribution in [0.1, 0.15) is 29.5 Å². The lowest BCUT2D eigenvalue weighted by atomic mass is 9.99. The molecule has 0 spiro atoms. The maximum Gasteiger partial charge on any atom is 0.160 e. The van der Waals surface area contributed by atoms with Crippen molar-refractivity contribution >= 4 is 39.4 Å². The Morgan fingerprint density at radius 2 is 1.81 bits per heavy atom. The number of aryl methyl sites for hydroxylation is 2. The monoisotopic (exact) mass is 490 g/mol. The average molecular weight is 491 g/mol. The number of piperazine rings is 1. The molecule has 3 aromatic heterocycles.